The van der Waals surface area contributed by atoms with Crippen LogP contribution in [0.25, 0.3) is 11.2 Å². The van der Waals surface area contributed by atoms with Gasteiger partial charge in [-0.25, -0.2) is 4.98 Å². The zero-order chi connectivity index (χ0) is 14.8. The highest BCUT2D eigenvalue weighted by Crippen LogP contribution is 2.30. The summed E-state index contributed by atoms with van der Waals surface area (Å²) in [6, 6.07) is 9.17. The molecule has 0 aliphatic rings. The Morgan fingerprint density at radius 1 is 1.33 bits per heavy atom. The zero-order valence-corrected chi connectivity index (χ0v) is 12.2. The van der Waals surface area contributed by atoms with Gasteiger partial charge in [0.05, 0.1) is 11.6 Å². The lowest BCUT2D eigenvalue weighted by molar-refractivity contribution is 0.953. The number of aromatic amines is 1. The number of halogens is 1. The van der Waals surface area contributed by atoms with Crippen molar-refractivity contribution >= 4 is 40.3 Å². The first-order valence-electron chi connectivity index (χ1n) is 5.95. The Kier molecular flexibility index (Phi) is 3.64. The normalized spacial score (nSPS) is 10.7. The molecule has 0 fully saturated rings. The lowest BCUT2D eigenvalue weighted by Gasteiger charge is -2.05. The molecule has 104 valence electrons. The molecule has 3 N–H and O–H groups in total. The SMILES string of the molecule is N#Cc1cc(Cl)ccc1CSc1cc(N)nc2n[nH]nc12. The van der Waals surface area contributed by atoms with E-state index in [4.69, 9.17) is 22.6 Å². The number of nitrogens with one attached hydrogen (secondary N) is 1. The van der Waals surface area contributed by atoms with E-state index in [9.17, 15) is 0 Å². The summed E-state index contributed by atoms with van der Waals surface area (Å²) in [5, 5.41) is 20.2. The van der Waals surface area contributed by atoms with Crippen molar-refractivity contribution in [3.63, 3.8) is 0 Å². The molecule has 0 spiro atoms. The highest BCUT2D eigenvalue weighted by molar-refractivity contribution is 7.98. The smallest absolute Gasteiger partial charge is 0.204 e. The maximum Gasteiger partial charge on any atom is 0.204 e. The topological polar surface area (TPSA) is 104 Å². The summed E-state index contributed by atoms with van der Waals surface area (Å²) in [7, 11) is 0. The van der Waals surface area contributed by atoms with E-state index in [1.54, 1.807) is 18.2 Å². The fourth-order valence-electron chi connectivity index (χ4n) is 1.87. The lowest BCUT2D eigenvalue weighted by atomic mass is 10.1. The Morgan fingerprint density at radius 3 is 3.00 bits per heavy atom. The molecule has 2 aromatic heterocycles. The monoisotopic (exact) mass is 316 g/mol. The van der Waals surface area contributed by atoms with Crippen LogP contribution in [0.3, 0.4) is 0 Å². The van der Waals surface area contributed by atoms with Crippen LogP contribution in [0, 0.1) is 11.3 Å². The number of thioether (sulfide) groups is 1. The summed E-state index contributed by atoms with van der Waals surface area (Å²) in [5.41, 5.74) is 8.37. The van der Waals surface area contributed by atoms with Gasteiger partial charge in [0.1, 0.15) is 11.3 Å². The van der Waals surface area contributed by atoms with Gasteiger partial charge in [-0.3, -0.25) is 0 Å². The van der Waals surface area contributed by atoms with E-state index in [0.717, 1.165) is 10.5 Å². The standard InChI is InChI=1S/C13H9ClN6S/c14-9-2-1-7(8(3-9)5-15)6-21-10-4-11(16)17-13-12(10)18-20-19-13/h1-4H,6H2,(H3,16,17,18,19,20). The number of pyridine rings is 1. The van der Waals surface area contributed by atoms with Crippen LogP contribution in [0.1, 0.15) is 11.1 Å². The van der Waals surface area contributed by atoms with Crippen LogP contribution in [0.4, 0.5) is 5.82 Å². The molecule has 0 aliphatic heterocycles. The van der Waals surface area contributed by atoms with E-state index in [0.29, 0.717) is 33.3 Å². The number of rotatable bonds is 3. The van der Waals surface area contributed by atoms with Crippen molar-refractivity contribution in [2.24, 2.45) is 0 Å². The number of hydrogen-bond acceptors (Lipinski definition) is 6. The molecular formula is C13H9ClN6S. The molecule has 0 atom stereocenters. The quantitative estimate of drug-likeness (QED) is 0.720. The van der Waals surface area contributed by atoms with Crippen LogP contribution in [0.15, 0.2) is 29.2 Å². The molecule has 2 heterocycles. The first kappa shape index (κ1) is 13.7. The third kappa shape index (κ3) is 2.77. The maximum absolute atomic E-state index is 9.15. The Hall–Kier alpha value is -2.30. The Labute approximate surface area is 129 Å². The molecule has 0 saturated heterocycles. The van der Waals surface area contributed by atoms with Crippen molar-refractivity contribution < 1.29 is 0 Å². The minimum absolute atomic E-state index is 0.385. The summed E-state index contributed by atoms with van der Waals surface area (Å²) < 4.78 is 0. The highest BCUT2D eigenvalue weighted by Gasteiger charge is 2.10. The van der Waals surface area contributed by atoms with Gasteiger partial charge in [0.15, 0.2) is 0 Å². The summed E-state index contributed by atoms with van der Waals surface area (Å²) >= 11 is 7.41. The number of aromatic nitrogens is 4. The van der Waals surface area contributed by atoms with Crippen molar-refractivity contribution in [3.8, 4) is 6.07 Å². The van der Waals surface area contributed by atoms with Crippen LogP contribution >= 0.6 is 23.4 Å². The van der Waals surface area contributed by atoms with Crippen LogP contribution in [0.2, 0.25) is 5.02 Å². The predicted octanol–water partition coefficient (Wildman–Crippen LogP) is 2.75. The maximum atomic E-state index is 9.15. The van der Waals surface area contributed by atoms with Gasteiger partial charge in [0.2, 0.25) is 5.65 Å². The van der Waals surface area contributed by atoms with Gasteiger partial charge >= 0.3 is 0 Å². The van der Waals surface area contributed by atoms with E-state index in [2.05, 4.69) is 26.5 Å². The molecule has 8 heteroatoms. The fourth-order valence-corrected chi connectivity index (χ4v) is 3.08. The van der Waals surface area contributed by atoms with Crippen LogP contribution in [0.5, 0.6) is 0 Å². The molecule has 0 bridgehead atoms. The lowest BCUT2D eigenvalue weighted by Crippen LogP contribution is -1.93. The molecule has 0 radical (unpaired) electrons. The number of benzene rings is 1. The molecule has 0 unspecified atom stereocenters. The second kappa shape index (κ2) is 5.60. The minimum atomic E-state index is 0.385. The molecule has 0 aliphatic carbocycles. The Balaban J connectivity index is 1.90. The van der Waals surface area contributed by atoms with E-state index in [1.165, 1.54) is 11.8 Å². The van der Waals surface area contributed by atoms with Crippen molar-refractivity contribution in [2.45, 2.75) is 10.6 Å². The average molecular weight is 317 g/mol. The average Bonchev–Trinajstić information content (AvgIpc) is 2.93. The van der Waals surface area contributed by atoms with E-state index < -0.39 is 0 Å². The van der Waals surface area contributed by atoms with Gasteiger partial charge in [0, 0.05) is 15.7 Å². The molecule has 1 aromatic carbocycles. The van der Waals surface area contributed by atoms with E-state index in [1.807, 2.05) is 6.07 Å². The summed E-state index contributed by atoms with van der Waals surface area (Å²) in [5.74, 6) is 0.987. The van der Waals surface area contributed by atoms with Gasteiger partial charge in [0.25, 0.3) is 0 Å². The highest BCUT2D eigenvalue weighted by atomic mass is 35.5. The third-order valence-corrected chi connectivity index (χ3v) is 4.17. The molecular weight excluding hydrogens is 308 g/mol. The Morgan fingerprint density at radius 2 is 2.19 bits per heavy atom. The van der Waals surface area contributed by atoms with Crippen LogP contribution in [-0.2, 0) is 5.75 Å². The van der Waals surface area contributed by atoms with Gasteiger partial charge in [-0.1, -0.05) is 17.7 Å². The number of nitrogen functional groups attached to an aromatic ring is 1. The van der Waals surface area contributed by atoms with Gasteiger partial charge in [-0.2, -0.15) is 15.6 Å². The minimum Gasteiger partial charge on any atom is -0.384 e. The largest absolute Gasteiger partial charge is 0.384 e. The predicted molar refractivity (Wildman–Crippen MR) is 81.8 cm³/mol. The second-order valence-electron chi connectivity index (χ2n) is 4.24. The number of nitrogens with zero attached hydrogens (tertiary/aromatic N) is 4. The van der Waals surface area contributed by atoms with E-state index in [-0.39, 0.29) is 0 Å². The van der Waals surface area contributed by atoms with Crippen LogP contribution in [-0.4, -0.2) is 20.4 Å². The Bertz CT molecular complexity index is 853. The van der Waals surface area contributed by atoms with Gasteiger partial charge < -0.3 is 5.73 Å². The molecule has 0 amide bonds. The van der Waals surface area contributed by atoms with Crippen molar-refractivity contribution in [1.82, 2.24) is 20.4 Å². The molecule has 21 heavy (non-hydrogen) atoms. The first-order valence-corrected chi connectivity index (χ1v) is 7.32. The summed E-state index contributed by atoms with van der Waals surface area (Å²) in [4.78, 5) is 4.95. The number of anilines is 1. The van der Waals surface area contributed by atoms with Crippen molar-refractivity contribution in [2.75, 3.05) is 5.73 Å². The van der Waals surface area contributed by atoms with Crippen LogP contribution < -0.4 is 5.73 Å². The fraction of sp³-hybridized carbons (Fsp3) is 0.0769. The molecule has 6 nitrogen and oxygen atoms in total. The summed E-state index contributed by atoms with van der Waals surface area (Å²) in [6.45, 7) is 0. The van der Waals surface area contributed by atoms with Crippen molar-refractivity contribution in [3.05, 3.63) is 40.4 Å². The summed E-state index contributed by atoms with van der Waals surface area (Å²) in [6.07, 6.45) is 0. The molecule has 3 aromatic rings. The van der Waals surface area contributed by atoms with Gasteiger partial charge in [-0.05, 0) is 23.8 Å². The molecule has 0 saturated carbocycles. The second-order valence-corrected chi connectivity index (χ2v) is 5.70. The third-order valence-electron chi connectivity index (χ3n) is 2.85. The zero-order valence-electron chi connectivity index (χ0n) is 10.7. The molecule has 3 rings (SSSR count). The van der Waals surface area contributed by atoms with Crippen molar-refractivity contribution in [1.29, 1.82) is 5.26 Å². The number of nitriles is 1. The number of hydrogen-bond donors (Lipinski definition) is 2. The number of nitrogens with two attached hydrogens (primary N) is 1. The number of fused-ring (bicyclic) bond motifs is 1. The first-order chi connectivity index (χ1) is 10.2. The van der Waals surface area contributed by atoms with Gasteiger partial charge in [-0.15, -0.1) is 16.9 Å². The van der Waals surface area contributed by atoms with E-state index >= 15 is 0 Å². The number of H-pyrrole nitrogens is 1.